The number of rotatable bonds is 3. The molecular formula is C12H16N4S2. The third kappa shape index (κ3) is 2.76. The molecule has 2 rings (SSSR count). The summed E-state index contributed by atoms with van der Waals surface area (Å²) in [5, 5.41) is 3.14. The monoisotopic (exact) mass is 280 g/mol. The highest BCUT2D eigenvalue weighted by molar-refractivity contribution is 7.80. The van der Waals surface area contributed by atoms with Gasteiger partial charge in [-0.1, -0.05) is 33.0 Å². The lowest BCUT2D eigenvalue weighted by atomic mass is 9.93. The fourth-order valence-electron chi connectivity index (χ4n) is 1.54. The number of imidazole rings is 1. The van der Waals surface area contributed by atoms with Gasteiger partial charge in [-0.3, -0.25) is 0 Å². The molecule has 18 heavy (non-hydrogen) atoms. The smallest absolute Gasteiger partial charge is 0.167 e. The summed E-state index contributed by atoms with van der Waals surface area (Å²) < 4.78 is 1.92. The van der Waals surface area contributed by atoms with Crippen LogP contribution in [0.5, 0.6) is 0 Å². The highest BCUT2D eigenvalue weighted by atomic mass is 32.1. The standard InChI is InChI=1S/C12H16N4S2/c1-12(2,3)8-7-18-9(15-8)6-16-5-4-14-11(16)10(13)17/h4-5,7H,6H2,1-3H3,(H2,13,17). The summed E-state index contributed by atoms with van der Waals surface area (Å²) >= 11 is 6.61. The van der Waals surface area contributed by atoms with Gasteiger partial charge >= 0.3 is 0 Å². The Bertz CT molecular complexity index is 563. The van der Waals surface area contributed by atoms with Crippen LogP contribution >= 0.6 is 23.6 Å². The molecule has 2 heterocycles. The first-order valence-electron chi connectivity index (χ1n) is 5.64. The molecule has 0 aromatic carbocycles. The van der Waals surface area contributed by atoms with Gasteiger partial charge in [0.25, 0.3) is 0 Å². The van der Waals surface area contributed by atoms with Crippen LogP contribution in [-0.4, -0.2) is 19.5 Å². The van der Waals surface area contributed by atoms with Gasteiger partial charge in [0.05, 0.1) is 12.2 Å². The summed E-state index contributed by atoms with van der Waals surface area (Å²) in [6.07, 6.45) is 3.57. The van der Waals surface area contributed by atoms with Crippen LogP contribution in [0, 0.1) is 0 Å². The van der Waals surface area contributed by atoms with Gasteiger partial charge in [0.15, 0.2) is 5.82 Å². The molecule has 0 bridgehead atoms. The Morgan fingerprint density at radius 1 is 1.50 bits per heavy atom. The van der Waals surface area contributed by atoms with Crippen molar-refractivity contribution < 1.29 is 0 Å². The molecule has 2 aromatic rings. The third-order valence-corrected chi connectivity index (χ3v) is 3.58. The van der Waals surface area contributed by atoms with Crippen molar-refractivity contribution in [2.45, 2.75) is 32.7 Å². The molecule has 0 aliphatic carbocycles. The van der Waals surface area contributed by atoms with E-state index < -0.39 is 0 Å². The van der Waals surface area contributed by atoms with Crippen LogP contribution in [0.2, 0.25) is 0 Å². The zero-order valence-electron chi connectivity index (χ0n) is 10.7. The summed E-state index contributed by atoms with van der Waals surface area (Å²) in [7, 11) is 0. The van der Waals surface area contributed by atoms with Crippen LogP contribution in [0.15, 0.2) is 17.8 Å². The van der Waals surface area contributed by atoms with E-state index in [1.165, 1.54) is 0 Å². The van der Waals surface area contributed by atoms with E-state index in [0.717, 1.165) is 10.7 Å². The fraction of sp³-hybridized carbons (Fsp3) is 0.417. The van der Waals surface area contributed by atoms with Gasteiger partial charge in [-0.05, 0) is 0 Å². The van der Waals surface area contributed by atoms with Gasteiger partial charge in [-0.15, -0.1) is 11.3 Å². The number of hydrogen-bond donors (Lipinski definition) is 1. The van der Waals surface area contributed by atoms with Crippen molar-refractivity contribution in [3.63, 3.8) is 0 Å². The van der Waals surface area contributed by atoms with Crippen molar-refractivity contribution in [2.75, 3.05) is 0 Å². The van der Waals surface area contributed by atoms with Crippen LogP contribution in [0.25, 0.3) is 0 Å². The predicted molar refractivity (Wildman–Crippen MR) is 78.0 cm³/mol. The average molecular weight is 280 g/mol. The highest BCUT2D eigenvalue weighted by Gasteiger charge is 2.17. The molecule has 0 atom stereocenters. The zero-order chi connectivity index (χ0) is 13.3. The van der Waals surface area contributed by atoms with Gasteiger partial charge in [0.1, 0.15) is 10.00 Å². The van der Waals surface area contributed by atoms with E-state index in [-0.39, 0.29) is 5.41 Å². The van der Waals surface area contributed by atoms with Gasteiger partial charge in [-0.2, -0.15) is 0 Å². The van der Waals surface area contributed by atoms with E-state index in [1.807, 2.05) is 10.8 Å². The molecule has 2 N–H and O–H groups in total. The Balaban J connectivity index is 2.22. The molecule has 0 amide bonds. The molecule has 0 radical (unpaired) electrons. The number of thiazole rings is 1. The van der Waals surface area contributed by atoms with Crippen LogP contribution in [0.1, 0.15) is 37.3 Å². The number of nitrogens with zero attached hydrogens (tertiary/aromatic N) is 3. The molecule has 0 aliphatic rings. The molecule has 4 nitrogen and oxygen atoms in total. The molecule has 0 spiro atoms. The quantitative estimate of drug-likeness (QED) is 0.877. The first-order valence-corrected chi connectivity index (χ1v) is 6.92. The van der Waals surface area contributed by atoms with Crippen LogP contribution in [0.4, 0.5) is 0 Å². The lowest BCUT2D eigenvalue weighted by molar-refractivity contribution is 0.569. The Morgan fingerprint density at radius 3 is 2.78 bits per heavy atom. The summed E-state index contributed by atoms with van der Waals surface area (Å²) in [6.45, 7) is 7.13. The molecule has 0 fully saturated rings. The largest absolute Gasteiger partial charge is 0.387 e. The van der Waals surface area contributed by atoms with E-state index in [1.54, 1.807) is 17.5 Å². The highest BCUT2D eigenvalue weighted by Crippen LogP contribution is 2.24. The Hall–Kier alpha value is -1.27. The Kier molecular flexibility index (Phi) is 3.49. The molecular weight excluding hydrogens is 264 g/mol. The van der Waals surface area contributed by atoms with Crippen molar-refractivity contribution in [3.05, 3.63) is 34.3 Å². The van der Waals surface area contributed by atoms with Crippen molar-refractivity contribution in [2.24, 2.45) is 5.73 Å². The maximum atomic E-state index is 5.62. The summed E-state index contributed by atoms with van der Waals surface area (Å²) in [5.41, 5.74) is 6.81. The molecule has 96 valence electrons. The number of nitrogens with two attached hydrogens (primary N) is 1. The second-order valence-corrected chi connectivity index (χ2v) is 6.50. The van der Waals surface area contributed by atoms with Gasteiger partial charge in [-0.25, -0.2) is 9.97 Å². The van der Waals surface area contributed by atoms with E-state index in [0.29, 0.717) is 17.4 Å². The molecule has 6 heteroatoms. The maximum absolute atomic E-state index is 5.62. The lowest BCUT2D eigenvalue weighted by Gasteiger charge is -2.14. The lowest BCUT2D eigenvalue weighted by Crippen LogP contribution is -2.17. The first-order chi connectivity index (χ1) is 8.38. The van der Waals surface area contributed by atoms with Crippen LogP contribution < -0.4 is 5.73 Å². The van der Waals surface area contributed by atoms with E-state index in [9.17, 15) is 0 Å². The minimum atomic E-state index is 0.0791. The number of thiocarbonyl (C=S) groups is 1. The van der Waals surface area contributed by atoms with Crippen molar-refractivity contribution in [1.29, 1.82) is 0 Å². The Morgan fingerprint density at radius 2 is 2.22 bits per heavy atom. The van der Waals surface area contributed by atoms with E-state index >= 15 is 0 Å². The first kappa shape index (κ1) is 13.2. The van der Waals surface area contributed by atoms with Gasteiger partial charge in [0, 0.05) is 23.2 Å². The van der Waals surface area contributed by atoms with E-state index in [4.69, 9.17) is 18.0 Å². The molecule has 0 aliphatic heterocycles. The molecule has 2 aromatic heterocycles. The predicted octanol–water partition coefficient (Wildman–Crippen LogP) is 2.32. The summed E-state index contributed by atoms with van der Waals surface area (Å²) in [4.78, 5) is 9.10. The second kappa shape index (κ2) is 4.78. The van der Waals surface area contributed by atoms with E-state index in [2.05, 4.69) is 36.1 Å². The van der Waals surface area contributed by atoms with Crippen LogP contribution in [-0.2, 0) is 12.0 Å². The van der Waals surface area contributed by atoms with Crippen LogP contribution in [0.3, 0.4) is 0 Å². The topological polar surface area (TPSA) is 56.7 Å². The molecule has 0 saturated carbocycles. The number of hydrogen-bond acceptors (Lipinski definition) is 4. The minimum absolute atomic E-state index is 0.0791. The molecule has 0 unspecified atom stereocenters. The zero-order valence-corrected chi connectivity index (χ0v) is 12.3. The molecule has 0 saturated heterocycles. The second-order valence-electron chi connectivity index (χ2n) is 5.12. The number of aromatic nitrogens is 3. The van der Waals surface area contributed by atoms with Gasteiger partial charge in [0.2, 0.25) is 0 Å². The van der Waals surface area contributed by atoms with Crippen molar-refractivity contribution >= 4 is 28.5 Å². The SMILES string of the molecule is CC(C)(C)c1csc(Cn2ccnc2C(N)=S)n1. The fourth-order valence-corrected chi connectivity index (χ4v) is 2.72. The Labute approximate surface area is 116 Å². The summed E-state index contributed by atoms with van der Waals surface area (Å²) in [6, 6.07) is 0. The average Bonchev–Trinajstić information content (AvgIpc) is 2.85. The van der Waals surface area contributed by atoms with Crippen molar-refractivity contribution in [1.82, 2.24) is 14.5 Å². The maximum Gasteiger partial charge on any atom is 0.167 e. The minimum Gasteiger partial charge on any atom is -0.387 e. The third-order valence-electron chi connectivity index (χ3n) is 2.56. The van der Waals surface area contributed by atoms with Gasteiger partial charge < -0.3 is 10.3 Å². The van der Waals surface area contributed by atoms with Crippen molar-refractivity contribution in [3.8, 4) is 0 Å². The normalized spacial score (nSPS) is 11.7. The summed E-state index contributed by atoms with van der Waals surface area (Å²) in [5.74, 6) is 0.637.